The molecule has 15 heavy (non-hydrogen) atoms. The maximum atomic E-state index is 11.7. The molecule has 0 bridgehead atoms. The van der Waals surface area contributed by atoms with E-state index in [-0.39, 0.29) is 24.0 Å². The summed E-state index contributed by atoms with van der Waals surface area (Å²) in [7, 11) is 0. The first-order valence-corrected chi connectivity index (χ1v) is 5.66. The molecule has 0 aromatic rings. The second kappa shape index (κ2) is 5.85. The fraction of sp³-hybridized carbons (Fsp3) is 0.818. The fourth-order valence-corrected chi connectivity index (χ4v) is 1.58. The summed E-state index contributed by atoms with van der Waals surface area (Å²) in [5.74, 6) is 0.0692. The molecule has 1 saturated heterocycles. The molecule has 1 amide bonds. The highest BCUT2D eigenvalue weighted by atomic mass is 16.2. The van der Waals surface area contributed by atoms with Crippen molar-refractivity contribution in [3.8, 4) is 0 Å². The summed E-state index contributed by atoms with van der Waals surface area (Å²) in [6, 6.07) is 0. The van der Waals surface area contributed by atoms with E-state index in [2.05, 4.69) is 5.32 Å². The zero-order valence-electron chi connectivity index (χ0n) is 9.58. The number of rotatable bonds is 4. The van der Waals surface area contributed by atoms with Gasteiger partial charge in [0.2, 0.25) is 5.91 Å². The topological polar surface area (TPSA) is 49.4 Å². The largest absolute Gasteiger partial charge is 0.340 e. The molecule has 4 nitrogen and oxygen atoms in total. The minimum atomic E-state index is -0.0122. The van der Waals surface area contributed by atoms with Gasteiger partial charge in [0.05, 0.1) is 6.42 Å². The van der Waals surface area contributed by atoms with E-state index in [4.69, 9.17) is 0 Å². The molecule has 0 aromatic carbocycles. The van der Waals surface area contributed by atoms with E-state index in [0.29, 0.717) is 0 Å². The number of hydrogen-bond donors (Lipinski definition) is 1. The van der Waals surface area contributed by atoms with Gasteiger partial charge in [0.1, 0.15) is 5.78 Å². The number of hydrogen-bond acceptors (Lipinski definition) is 3. The maximum Gasteiger partial charge on any atom is 0.230 e. The monoisotopic (exact) mass is 212 g/mol. The third-order valence-electron chi connectivity index (χ3n) is 2.96. The van der Waals surface area contributed by atoms with Gasteiger partial charge < -0.3 is 10.2 Å². The predicted octanol–water partition coefficient (Wildman–Crippen LogP) is 0.424. The van der Waals surface area contributed by atoms with Gasteiger partial charge >= 0.3 is 0 Å². The second-order valence-corrected chi connectivity index (χ2v) is 4.08. The first-order chi connectivity index (χ1) is 7.15. The predicted molar refractivity (Wildman–Crippen MR) is 58.5 cm³/mol. The average molecular weight is 212 g/mol. The molecule has 4 heteroatoms. The van der Waals surface area contributed by atoms with Crippen LogP contribution in [0.25, 0.3) is 0 Å². The number of ketones is 1. The van der Waals surface area contributed by atoms with Crippen molar-refractivity contribution in [1.29, 1.82) is 0 Å². The number of nitrogens with one attached hydrogen (secondary N) is 1. The molecule has 1 fully saturated rings. The van der Waals surface area contributed by atoms with Crippen molar-refractivity contribution in [2.75, 3.05) is 26.2 Å². The van der Waals surface area contributed by atoms with E-state index in [0.717, 1.165) is 32.6 Å². The molecule has 1 aliphatic rings. The van der Waals surface area contributed by atoms with Crippen LogP contribution in [-0.4, -0.2) is 42.8 Å². The number of carbonyl (C=O) groups is 2. The molecular weight excluding hydrogens is 192 g/mol. The van der Waals surface area contributed by atoms with E-state index in [1.165, 1.54) is 0 Å². The minimum absolute atomic E-state index is 0.0110. The first-order valence-electron chi connectivity index (χ1n) is 5.66. The number of nitrogens with zero attached hydrogens (tertiary/aromatic N) is 1. The van der Waals surface area contributed by atoms with Crippen molar-refractivity contribution in [3.63, 3.8) is 0 Å². The van der Waals surface area contributed by atoms with Crippen LogP contribution in [0.15, 0.2) is 0 Å². The molecule has 1 unspecified atom stereocenters. The summed E-state index contributed by atoms with van der Waals surface area (Å²) in [4.78, 5) is 25.0. The molecule has 86 valence electrons. The van der Waals surface area contributed by atoms with E-state index in [1.54, 1.807) is 4.90 Å². The van der Waals surface area contributed by atoms with Crippen molar-refractivity contribution in [1.82, 2.24) is 10.2 Å². The molecule has 0 saturated carbocycles. The van der Waals surface area contributed by atoms with Crippen LogP contribution in [0.3, 0.4) is 0 Å². The van der Waals surface area contributed by atoms with Crippen molar-refractivity contribution in [3.05, 3.63) is 0 Å². The van der Waals surface area contributed by atoms with Crippen LogP contribution in [-0.2, 0) is 9.59 Å². The van der Waals surface area contributed by atoms with Crippen LogP contribution in [0.1, 0.15) is 26.7 Å². The average Bonchev–Trinajstić information content (AvgIpc) is 2.29. The number of carbonyl (C=O) groups excluding carboxylic acids is 2. The molecule has 0 aliphatic carbocycles. The van der Waals surface area contributed by atoms with Gasteiger partial charge in [-0.3, -0.25) is 9.59 Å². The lowest BCUT2D eigenvalue weighted by molar-refractivity contribution is -0.137. The highest BCUT2D eigenvalue weighted by molar-refractivity contribution is 5.98. The zero-order chi connectivity index (χ0) is 11.3. The molecule has 0 aromatic heterocycles. The Morgan fingerprint density at radius 2 is 1.93 bits per heavy atom. The third kappa shape index (κ3) is 3.63. The number of amides is 1. The number of Topliss-reactive ketones (excluding diaryl/α,β-unsaturated/α-hetero) is 1. The third-order valence-corrected chi connectivity index (χ3v) is 2.96. The van der Waals surface area contributed by atoms with Crippen LogP contribution in [0.4, 0.5) is 0 Å². The molecule has 1 aliphatic heterocycles. The van der Waals surface area contributed by atoms with Gasteiger partial charge in [-0.1, -0.05) is 13.8 Å². The summed E-state index contributed by atoms with van der Waals surface area (Å²) >= 11 is 0. The smallest absolute Gasteiger partial charge is 0.230 e. The lowest BCUT2D eigenvalue weighted by Crippen LogP contribution is -2.47. The van der Waals surface area contributed by atoms with Gasteiger partial charge in [0, 0.05) is 32.1 Å². The second-order valence-electron chi connectivity index (χ2n) is 4.08. The van der Waals surface area contributed by atoms with Crippen LogP contribution < -0.4 is 5.32 Å². The van der Waals surface area contributed by atoms with E-state index in [1.807, 2.05) is 13.8 Å². The first kappa shape index (κ1) is 12.2. The summed E-state index contributed by atoms with van der Waals surface area (Å²) in [5.41, 5.74) is 0. The quantitative estimate of drug-likeness (QED) is 0.687. The summed E-state index contributed by atoms with van der Waals surface area (Å²) in [6.45, 7) is 6.98. The van der Waals surface area contributed by atoms with Gasteiger partial charge in [-0.25, -0.2) is 0 Å². The minimum Gasteiger partial charge on any atom is -0.340 e. The standard InChI is InChI=1S/C11H20N2O2/c1-3-9(2)10(14)8-11(15)13-6-4-12-5-7-13/h9,12H,3-8H2,1-2H3. The van der Waals surface area contributed by atoms with E-state index in [9.17, 15) is 9.59 Å². The molecular formula is C11H20N2O2. The van der Waals surface area contributed by atoms with Crippen LogP contribution >= 0.6 is 0 Å². The Morgan fingerprint density at radius 1 is 1.33 bits per heavy atom. The highest BCUT2D eigenvalue weighted by Crippen LogP contribution is 2.07. The summed E-state index contributed by atoms with van der Waals surface area (Å²) in [5, 5.41) is 3.18. The Hall–Kier alpha value is -0.900. The van der Waals surface area contributed by atoms with Gasteiger partial charge in [-0.15, -0.1) is 0 Å². The Morgan fingerprint density at radius 3 is 2.47 bits per heavy atom. The normalized spacial score (nSPS) is 18.7. The van der Waals surface area contributed by atoms with Gasteiger partial charge in [0.15, 0.2) is 0 Å². The lowest BCUT2D eigenvalue weighted by atomic mass is 10.0. The molecule has 0 spiro atoms. The van der Waals surface area contributed by atoms with Crippen LogP contribution in [0, 0.1) is 5.92 Å². The van der Waals surface area contributed by atoms with Gasteiger partial charge in [-0.2, -0.15) is 0 Å². The SMILES string of the molecule is CCC(C)C(=O)CC(=O)N1CCNCC1. The van der Waals surface area contributed by atoms with Crippen molar-refractivity contribution < 1.29 is 9.59 Å². The summed E-state index contributed by atoms with van der Waals surface area (Å²) in [6.07, 6.45) is 0.892. The van der Waals surface area contributed by atoms with E-state index < -0.39 is 0 Å². The summed E-state index contributed by atoms with van der Waals surface area (Å²) < 4.78 is 0. The van der Waals surface area contributed by atoms with Crippen molar-refractivity contribution in [2.45, 2.75) is 26.7 Å². The lowest BCUT2D eigenvalue weighted by Gasteiger charge is -2.27. The Kier molecular flexibility index (Phi) is 4.75. The van der Waals surface area contributed by atoms with Crippen LogP contribution in [0.2, 0.25) is 0 Å². The van der Waals surface area contributed by atoms with Crippen LogP contribution in [0.5, 0.6) is 0 Å². The van der Waals surface area contributed by atoms with Gasteiger partial charge in [-0.05, 0) is 6.42 Å². The maximum absolute atomic E-state index is 11.7. The molecule has 1 rings (SSSR count). The van der Waals surface area contributed by atoms with Gasteiger partial charge in [0.25, 0.3) is 0 Å². The van der Waals surface area contributed by atoms with E-state index >= 15 is 0 Å². The van der Waals surface area contributed by atoms with Crippen molar-refractivity contribution >= 4 is 11.7 Å². The molecule has 1 heterocycles. The molecule has 1 atom stereocenters. The fourth-order valence-electron chi connectivity index (χ4n) is 1.58. The Balaban J connectivity index is 2.37. The Bertz CT molecular complexity index is 235. The molecule has 0 radical (unpaired) electrons. The molecule has 1 N–H and O–H groups in total. The highest BCUT2D eigenvalue weighted by Gasteiger charge is 2.21. The zero-order valence-corrected chi connectivity index (χ0v) is 9.58. The Labute approximate surface area is 91.0 Å². The van der Waals surface area contributed by atoms with Crippen molar-refractivity contribution in [2.24, 2.45) is 5.92 Å². The number of piperazine rings is 1.